The molecule has 0 amide bonds. The number of nitrogens with one attached hydrogen (secondary N) is 1. The number of hydrogen-bond acceptors (Lipinski definition) is 1. The molecule has 0 aromatic heterocycles. The van der Waals surface area contributed by atoms with Crippen LogP contribution in [0.4, 0.5) is 5.69 Å². The minimum Gasteiger partial charge on any atom is -0.379 e. The molecule has 0 unspecified atom stereocenters. The lowest BCUT2D eigenvalue weighted by Gasteiger charge is -2.11. The van der Waals surface area contributed by atoms with Crippen molar-refractivity contribution in [2.24, 2.45) is 0 Å². The molecule has 0 atom stereocenters. The predicted molar refractivity (Wildman–Crippen MR) is 88.0 cm³/mol. The standard InChI is InChI=1S/C13H8BrCl4N/c14-9-3-7(1-2-10(9)16)6-19-13-11(17)4-8(15)5-12(13)18/h1-5,19H,6H2. The highest BCUT2D eigenvalue weighted by Crippen LogP contribution is 2.34. The molecule has 1 N–H and O–H groups in total. The van der Waals surface area contributed by atoms with E-state index < -0.39 is 0 Å². The summed E-state index contributed by atoms with van der Waals surface area (Å²) in [4.78, 5) is 0. The zero-order chi connectivity index (χ0) is 14.0. The van der Waals surface area contributed by atoms with Gasteiger partial charge in [-0.25, -0.2) is 0 Å². The highest BCUT2D eigenvalue weighted by Gasteiger charge is 2.08. The van der Waals surface area contributed by atoms with Gasteiger partial charge in [-0.05, 0) is 45.8 Å². The second-order valence-electron chi connectivity index (χ2n) is 3.85. The van der Waals surface area contributed by atoms with E-state index in [2.05, 4.69) is 21.2 Å². The van der Waals surface area contributed by atoms with Gasteiger partial charge in [0.1, 0.15) is 0 Å². The van der Waals surface area contributed by atoms with Crippen LogP contribution in [0.2, 0.25) is 20.1 Å². The molecule has 0 saturated carbocycles. The first-order valence-electron chi connectivity index (χ1n) is 5.29. The maximum absolute atomic E-state index is 6.10. The van der Waals surface area contributed by atoms with Crippen LogP contribution in [0, 0.1) is 0 Å². The SMILES string of the molecule is Clc1cc(Cl)c(NCc2ccc(Cl)c(Br)c2)c(Cl)c1. The summed E-state index contributed by atoms with van der Waals surface area (Å²) in [5.74, 6) is 0. The molecule has 19 heavy (non-hydrogen) atoms. The minimum absolute atomic E-state index is 0.491. The lowest BCUT2D eigenvalue weighted by molar-refractivity contribution is 1.15. The highest BCUT2D eigenvalue weighted by molar-refractivity contribution is 9.10. The van der Waals surface area contributed by atoms with Gasteiger partial charge in [0.15, 0.2) is 0 Å². The van der Waals surface area contributed by atoms with Gasteiger partial charge in [-0.3, -0.25) is 0 Å². The summed E-state index contributed by atoms with van der Waals surface area (Å²) in [5, 5.41) is 5.35. The minimum atomic E-state index is 0.491. The first-order chi connectivity index (χ1) is 8.97. The van der Waals surface area contributed by atoms with Crippen LogP contribution in [0.25, 0.3) is 0 Å². The van der Waals surface area contributed by atoms with Crippen LogP contribution < -0.4 is 5.32 Å². The molecule has 2 aromatic carbocycles. The molecule has 100 valence electrons. The van der Waals surface area contributed by atoms with Gasteiger partial charge in [0.05, 0.1) is 20.8 Å². The molecule has 2 aromatic rings. The maximum atomic E-state index is 6.10. The van der Waals surface area contributed by atoms with Crippen molar-refractivity contribution in [1.82, 2.24) is 0 Å². The third-order valence-electron chi connectivity index (χ3n) is 2.46. The van der Waals surface area contributed by atoms with Crippen molar-refractivity contribution < 1.29 is 0 Å². The summed E-state index contributed by atoms with van der Waals surface area (Å²) in [7, 11) is 0. The Morgan fingerprint density at radius 1 is 0.895 bits per heavy atom. The third-order valence-corrected chi connectivity index (χ3v) is 4.49. The number of anilines is 1. The van der Waals surface area contributed by atoms with Crippen LogP contribution in [0.1, 0.15) is 5.56 Å². The average molecular weight is 400 g/mol. The largest absolute Gasteiger partial charge is 0.379 e. The molecule has 0 aliphatic rings. The first-order valence-corrected chi connectivity index (χ1v) is 7.60. The second kappa shape index (κ2) is 6.55. The first kappa shape index (κ1) is 15.3. The maximum Gasteiger partial charge on any atom is 0.0722 e. The second-order valence-corrected chi connectivity index (χ2v) is 6.36. The predicted octanol–water partition coefficient (Wildman–Crippen LogP) is 6.67. The van der Waals surface area contributed by atoms with Gasteiger partial charge in [-0.2, -0.15) is 0 Å². The smallest absolute Gasteiger partial charge is 0.0722 e. The summed E-state index contributed by atoms with van der Waals surface area (Å²) in [6.45, 7) is 0.580. The topological polar surface area (TPSA) is 12.0 Å². The summed E-state index contributed by atoms with van der Waals surface area (Å²) < 4.78 is 0.849. The summed E-state index contributed by atoms with van der Waals surface area (Å²) in [6.07, 6.45) is 0. The van der Waals surface area contributed by atoms with Gasteiger partial charge in [0.2, 0.25) is 0 Å². The van der Waals surface area contributed by atoms with E-state index in [4.69, 9.17) is 46.4 Å². The molecular formula is C13H8BrCl4N. The van der Waals surface area contributed by atoms with E-state index in [-0.39, 0.29) is 0 Å². The van der Waals surface area contributed by atoms with E-state index in [0.717, 1.165) is 10.0 Å². The van der Waals surface area contributed by atoms with Crippen LogP contribution in [0.3, 0.4) is 0 Å². The van der Waals surface area contributed by atoms with Crippen molar-refractivity contribution in [2.75, 3.05) is 5.32 Å². The van der Waals surface area contributed by atoms with Crippen LogP contribution >= 0.6 is 62.3 Å². The van der Waals surface area contributed by atoms with E-state index in [1.165, 1.54) is 0 Å². The molecule has 0 spiro atoms. The fourth-order valence-electron chi connectivity index (χ4n) is 1.55. The molecule has 0 radical (unpaired) electrons. The zero-order valence-corrected chi connectivity index (χ0v) is 14.1. The summed E-state index contributed by atoms with van der Waals surface area (Å²) in [6, 6.07) is 8.99. The van der Waals surface area contributed by atoms with Crippen LogP contribution in [0.15, 0.2) is 34.8 Å². The zero-order valence-electron chi connectivity index (χ0n) is 9.48. The lowest BCUT2D eigenvalue weighted by atomic mass is 10.2. The van der Waals surface area contributed by atoms with Crippen LogP contribution in [0.5, 0.6) is 0 Å². The van der Waals surface area contributed by atoms with Crippen LogP contribution in [-0.4, -0.2) is 0 Å². The van der Waals surface area contributed by atoms with Crippen molar-refractivity contribution in [3.05, 3.63) is 60.5 Å². The lowest BCUT2D eigenvalue weighted by Crippen LogP contribution is -2.00. The monoisotopic (exact) mass is 397 g/mol. The molecule has 0 bridgehead atoms. The molecule has 0 saturated heterocycles. The summed E-state index contributed by atoms with van der Waals surface area (Å²) >= 11 is 27.4. The van der Waals surface area contributed by atoms with Gasteiger partial charge in [-0.1, -0.05) is 52.5 Å². The Hall–Kier alpha value is -0.120. The normalized spacial score (nSPS) is 10.6. The van der Waals surface area contributed by atoms with Crippen LogP contribution in [-0.2, 0) is 6.54 Å². The van der Waals surface area contributed by atoms with E-state index in [1.54, 1.807) is 12.1 Å². The van der Waals surface area contributed by atoms with E-state index in [1.807, 2.05) is 18.2 Å². The average Bonchev–Trinajstić information content (AvgIpc) is 2.32. The van der Waals surface area contributed by atoms with Crippen molar-refractivity contribution in [1.29, 1.82) is 0 Å². The van der Waals surface area contributed by atoms with Crippen molar-refractivity contribution in [3.63, 3.8) is 0 Å². The van der Waals surface area contributed by atoms with Gasteiger partial charge in [0, 0.05) is 16.0 Å². The fraction of sp³-hybridized carbons (Fsp3) is 0.0769. The number of benzene rings is 2. The Morgan fingerprint density at radius 3 is 2.11 bits per heavy atom. The third kappa shape index (κ3) is 3.93. The summed E-state index contributed by atoms with van der Waals surface area (Å²) in [5.41, 5.74) is 1.72. The molecule has 0 heterocycles. The van der Waals surface area contributed by atoms with E-state index in [0.29, 0.717) is 32.3 Å². The Kier molecular flexibility index (Phi) is 5.27. The highest BCUT2D eigenvalue weighted by atomic mass is 79.9. The van der Waals surface area contributed by atoms with Gasteiger partial charge >= 0.3 is 0 Å². The van der Waals surface area contributed by atoms with E-state index >= 15 is 0 Å². The number of hydrogen-bond donors (Lipinski definition) is 1. The number of rotatable bonds is 3. The fourth-order valence-corrected chi connectivity index (χ4v) is 3.05. The quantitative estimate of drug-likeness (QED) is 0.607. The molecular weight excluding hydrogens is 392 g/mol. The molecule has 0 aliphatic heterocycles. The Balaban J connectivity index is 2.16. The van der Waals surface area contributed by atoms with Gasteiger partial charge < -0.3 is 5.32 Å². The Bertz CT molecular complexity index is 593. The molecule has 1 nitrogen and oxygen atoms in total. The van der Waals surface area contributed by atoms with Crippen molar-refractivity contribution >= 4 is 68.0 Å². The van der Waals surface area contributed by atoms with E-state index in [9.17, 15) is 0 Å². The Labute approximate surface area is 139 Å². The number of halogens is 5. The molecule has 6 heteroatoms. The van der Waals surface area contributed by atoms with Crippen molar-refractivity contribution in [2.45, 2.75) is 6.54 Å². The van der Waals surface area contributed by atoms with Gasteiger partial charge in [0.25, 0.3) is 0 Å². The Morgan fingerprint density at radius 2 is 1.53 bits per heavy atom. The van der Waals surface area contributed by atoms with Crippen molar-refractivity contribution in [3.8, 4) is 0 Å². The molecule has 0 aliphatic carbocycles. The molecule has 0 fully saturated rings. The van der Waals surface area contributed by atoms with Gasteiger partial charge in [-0.15, -0.1) is 0 Å². The molecule has 2 rings (SSSR count).